The van der Waals surface area contributed by atoms with Crippen molar-refractivity contribution in [2.75, 3.05) is 12.4 Å². The van der Waals surface area contributed by atoms with Crippen molar-refractivity contribution in [3.05, 3.63) is 34.3 Å². The quantitative estimate of drug-likeness (QED) is 0.843. The second kappa shape index (κ2) is 7.00. The van der Waals surface area contributed by atoms with Gasteiger partial charge in [0.15, 0.2) is 0 Å². The van der Waals surface area contributed by atoms with Crippen molar-refractivity contribution in [3.8, 4) is 11.5 Å². The van der Waals surface area contributed by atoms with Crippen molar-refractivity contribution in [1.29, 1.82) is 0 Å². The van der Waals surface area contributed by atoms with Crippen LogP contribution in [0.3, 0.4) is 0 Å². The molecule has 24 heavy (non-hydrogen) atoms. The predicted octanol–water partition coefficient (Wildman–Crippen LogP) is 3.08. The molecule has 0 saturated carbocycles. The smallest absolute Gasteiger partial charge is 0.250 e. The van der Waals surface area contributed by atoms with Gasteiger partial charge in [-0.05, 0) is 31.6 Å². The molecule has 2 heterocycles. The van der Waals surface area contributed by atoms with Crippen LogP contribution < -0.4 is 14.8 Å². The third-order valence-corrected chi connectivity index (χ3v) is 4.65. The lowest BCUT2D eigenvalue weighted by molar-refractivity contribution is -0.111. The number of methoxy groups -OCH3 is 1. The van der Waals surface area contributed by atoms with E-state index < -0.39 is 0 Å². The SMILES string of the molecule is CCc1nnc(NC(=O)/C=C/c2cc3c(cc2OC)CC(C)O3)s1. The topological polar surface area (TPSA) is 73.3 Å². The highest BCUT2D eigenvalue weighted by Crippen LogP contribution is 2.35. The third kappa shape index (κ3) is 3.56. The number of aryl methyl sites for hydroxylation is 1. The summed E-state index contributed by atoms with van der Waals surface area (Å²) in [4.78, 5) is 12.0. The van der Waals surface area contributed by atoms with Gasteiger partial charge in [-0.1, -0.05) is 18.3 Å². The van der Waals surface area contributed by atoms with Crippen molar-refractivity contribution < 1.29 is 14.3 Å². The van der Waals surface area contributed by atoms with Crippen LogP contribution in [0.5, 0.6) is 11.5 Å². The number of ether oxygens (including phenoxy) is 2. The summed E-state index contributed by atoms with van der Waals surface area (Å²) in [7, 11) is 1.62. The van der Waals surface area contributed by atoms with Crippen molar-refractivity contribution in [2.45, 2.75) is 32.8 Å². The highest BCUT2D eigenvalue weighted by molar-refractivity contribution is 7.15. The predicted molar refractivity (Wildman–Crippen MR) is 93.7 cm³/mol. The number of carbonyl (C=O) groups excluding carboxylic acids is 1. The van der Waals surface area contributed by atoms with E-state index in [0.29, 0.717) is 5.13 Å². The average molecular weight is 345 g/mol. The van der Waals surface area contributed by atoms with Crippen LogP contribution in [0.25, 0.3) is 6.08 Å². The van der Waals surface area contributed by atoms with Crippen LogP contribution in [-0.2, 0) is 17.6 Å². The molecule has 1 aromatic heterocycles. The first-order valence-corrected chi connectivity index (χ1v) is 8.59. The van der Waals surface area contributed by atoms with E-state index in [0.717, 1.165) is 40.5 Å². The monoisotopic (exact) mass is 345 g/mol. The van der Waals surface area contributed by atoms with Crippen LogP contribution in [0.4, 0.5) is 5.13 Å². The number of amides is 1. The van der Waals surface area contributed by atoms with Crippen LogP contribution in [0.15, 0.2) is 18.2 Å². The first-order chi connectivity index (χ1) is 11.6. The Morgan fingerprint density at radius 2 is 2.33 bits per heavy atom. The summed E-state index contributed by atoms with van der Waals surface area (Å²) in [6.45, 7) is 4.02. The number of nitrogens with one attached hydrogen (secondary N) is 1. The van der Waals surface area contributed by atoms with E-state index in [-0.39, 0.29) is 12.0 Å². The summed E-state index contributed by atoms with van der Waals surface area (Å²) in [6, 6.07) is 3.87. The van der Waals surface area contributed by atoms with Crippen molar-refractivity contribution in [2.24, 2.45) is 0 Å². The van der Waals surface area contributed by atoms with E-state index in [1.807, 2.05) is 26.0 Å². The Kier molecular flexibility index (Phi) is 4.80. The lowest BCUT2D eigenvalue weighted by Crippen LogP contribution is -2.07. The number of benzene rings is 1. The minimum absolute atomic E-state index is 0.164. The van der Waals surface area contributed by atoms with Gasteiger partial charge in [0.05, 0.1) is 7.11 Å². The first kappa shape index (κ1) is 16.4. The maximum Gasteiger partial charge on any atom is 0.250 e. The minimum Gasteiger partial charge on any atom is -0.496 e. The van der Waals surface area contributed by atoms with Crippen LogP contribution in [0.1, 0.15) is 30.0 Å². The molecule has 1 aliphatic rings. The molecule has 0 saturated heterocycles. The molecule has 7 heteroatoms. The van der Waals surface area contributed by atoms with Crippen LogP contribution in [-0.4, -0.2) is 29.3 Å². The van der Waals surface area contributed by atoms with Crippen molar-refractivity contribution in [3.63, 3.8) is 0 Å². The number of fused-ring (bicyclic) bond motifs is 1. The fourth-order valence-corrected chi connectivity index (χ4v) is 3.20. The Labute approximate surface area is 144 Å². The molecule has 0 fully saturated rings. The largest absolute Gasteiger partial charge is 0.496 e. The molecule has 2 aromatic rings. The number of hydrogen-bond acceptors (Lipinski definition) is 6. The second-order valence-electron chi connectivity index (χ2n) is 5.51. The molecule has 126 valence electrons. The Bertz CT molecular complexity index is 785. The molecule has 0 bridgehead atoms. The Morgan fingerprint density at radius 1 is 1.50 bits per heavy atom. The van der Waals surface area contributed by atoms with Gasteiger partial charge in [-0.25, -0.2) is 0 Å². The molecule has 3 rings (SSSR count). The van der Waals surface area contributed by atoms with E-state index >= 15 is 0 Å². The van der Waals surface area contributed by atoms with Gasteiger partial charge in [0.2, 0.25) is 11.0 Å². The van der Waals surface area contributed by atoms with Gasteiger partial charge in [-0.3, -0.25) is 10.1 Å². The van der Waals surface area contributed by atoms with Crippen LogP contribution in [0, 0.1) is 0 Å². The molecule has 1 atom stereocenters. The first-order valence-electron chi connectivity index (χ1n) is 7.78. The molecule has 6 nitrogen and oxygen atoms in total. The summed E-state index contributed by atoms with van der Waals surface area (Å²) in [6.07, 6.45) is 5.00. The molecule has 1 aromatic carbocycles. The van der Waals surface area contributed by atoms with Gasteiger partial charge < -0.3 is 9.47 Å². The molecule has 0 aliphatic carbocycles. The normalized spacial score (nSPS) is 16.0. The fourth-order valence-electron chi connectivity index (χ4n) is 2.52. The standard InChI is InChI=1S/C17H19N3O3S/c1-4-16-19-20-17(24-16)18-15(21)6-5-11-8-14-12(7-10(2)23-14)9-13(11)22-3/h5-6,8-10H,4,7H2,1-3H3,(H,18,20,21)/b6-5+. The van der Waals surface area contributed by atoms with E-state index in [1.54, 1.807) is 13.2 Å². The van der Waals surface area contributed by atoms with Gasteiger partial charge >= 0.3 is 0 Å². The van der Waals surface area contributed by atoms with E-state index in [2.05, 4.69) is 15.5 Å². The Hall–Kier alpha value is -2.41. The van der Waals surface area contributed by atoms with Gasteiger partial charge in [0.1, 0.15) is 22.6 Å². The average Bonchev–Trinajstić information content (AvgIpc) is 3.16. The zero-order chi connectivity index (χ0) is 17.1. The molecule has 1 amide bonds. The van der Waals surface area contributed by atoms with Crippen molar-refractivity contribution in [1.82, 2.24) is 10.2 Å². The summed E-state index contributed by atoms with van der Waals surface area (Å²) in [5.41, 5.74) is 1.92. The van der Waals surface area contributed by atoms with Crippen LogP contribution in [0.2, 0.25) is 0 Å². The highest BCUT2D eigenvalue weighted by Gasteiger charge is 2.21. The van der Waals surface area contributed by atoms with E-state index in [9.17, 15) is 4.79 Å². The fraction of sp³-hybridized carbons (Fsp3) is 0.353. The molecular weight excluding hydrogens is 326 g/mol. The molecular formula is C17H19N3O3S. The van der Waals surface area contributed by atoms with Gasteiger partial charge in [0.25, 0.3) is 0 Å². The lowest BCUT2D eigenvalue weighted by atomic mass is 10.1. The van der Waals surface area contributed by atoms with Gasteiger partial charge in [-0.15, -0.1) is 10.2 Å². The van der Waals surface area contributed by atoms with E-state index in [4.69, 9.17) is 9.47 Å². The summed E-state index contributed by atoms with van der Waals surface area (Å²) < 4.78 is 11.2. The highest BCUT2D eigenvalue weighted by atomic mass is 32.1. The zero-order valence-corrected chi connectivity index (χ0v) is 14.6. The van der Waals surface area contributed by atoms with Gasteiger partial charge in [-0.2, -0.15) is 0 Å². The molecule has 1 aliphatic heterocycles. The molecule has 1 unspecified atom stereocenters. The zero-order valence-electron chi connectivity index (χ0n) is 13.8. The number of carbonyl (C=O) groups is 1. The Balaban J connectivity index is 1.73. The number of hydrogen-bond donors (Lipinski definition) is 1. The summed E-state index contributed by atoms with van der Waals surface area (Å²) >= 11 is 1.37. The Morgan fingerprint density at radius 3 is 3.04 bits per heavy atom. The van der Waals surface area contributed by atoms with Gasteiger partial charge in [0, 0.05) is 23.6 Å². The number of aromatic nitrogens is 2. The molecule has 0 spiro atoms. The minimum atomic E-state index is -0.259. The number of nitrogens with zero attached hydrogens (tertiary/aromatic N) is 2. The summed E-state index contributed by atoms with van der Waals surface area (Å²) in [5, 5.41) is 12.0. The molecule has 0 radical (unpaired) electrons. The van der Waals surface area contributed by atoms with Crippen molar-refractivity contribution >= 4 is 28.5 Å². The van der Waals surface area contributed by atoms with Crippen LogP contribution >= 0.6 is 11.3 Å². The van der Waals surface area contributed by atoms with E-state index in [1.165, 1.54) is 17.4 Å². The number of rotatable bonds is 5. The maximum atomic E-state index is 12.0. The summed E-state index contributed by atoms with van der Waals surface area (Å²) in [5.74, 6) is 1.31. The third-order valence-electron chi connectivity index (χ3n) is 3.66. The maximum absolute atomic E-state index is 12.0. The lowest BCUT2D eigenvalue weighted by Gasteiger charge is -2.08. The number of anilines is 1. The molecule has 1 N–H and O–H groups in total. The second-order valence-corrected chi connectivity index (χ2v) is 6.57.